The summed E-state index contributed by atoms with van der Waals surface area (Å²) in [5, 5.41) is 6.99. The van der Waals surface area contributed by atoms with Crippen LogP contribution in [-0.4, -0.2) is 38.8 Å². The number of hydrogen-bond donors (Lipinski definition) is 2. The predicted molar refractivity (Wildman–Crippen MR) is 84.1 cm³/mol. The standard InChI is InChI=1S/C16H29N3O/c1-13-3-5-15(6-4-13)19-16(17-2)18-10-7-14-8-11-20-12-9-14/h8,13,15H,3-7,9-12H2,1-2H3,(H2,17,18,19). The monoisotopic (exact) mass is 279 g/mol. The van der Waals surface area contributed by atoms with E-state index < -0.39 is 0 Å². The summed E-state index contributed by atoms with van der Waals surface area (Å²) in [6, 6.07) is 0.597. The summed E-state index contributed by atoms with van der Waals surface area (Å²) in [7, 11) is 1.86. The Kier molecular flexibility index (Phi) is 6.37. The molecule has 4 nitrogen and oxygen atoms in total. The number of rotatable bonds is 4. The van der Waals surface area contributed by atoms with Crippen LogP contribution in [0.2, 0.25) is 0 Å². The number of nitrogens with one attached hydrogen (secondary N) is 2. The van der Waals surface area contributed by atoms with Gasteiger partial charge in [-0.1, -0.05) is 18.6 Å². The van der Waals surface area contributed by atoms with Crippen LogP contribution in [0.3, 0.4) is 0 Å². The van der Waals surface area contributed by atoms with Gasteiger partial charge in [-0.05, 0) is 44.4 Å². The number of aliphatic imine (C=N–C) groups is 1. The van der Waals surface area contributed by atoms with E-state index in [0.29, 0.717) is 6.04 Å². The fourth-order valence-corrected chi connectivity index (χ4v) is 2.93. The lowest BCUT2D eigenvalue weighted by molar-refractivity contribution is 0.153. The minimum atomic E-state index is 0.597. The van der Waals surface area contributed by atoms with Crippen molar-refractivity contribution in [3.63, 3.8) is 0 Å². The van der Waals surface area contributed by atoms with E-state index in [1.165, 1.54) is 31.3 Å². The third kappa shape index (κ3) is 5.16. The Labute approximate surface area is 123 Å². The first-order valence-corrected chi connectivity index (χ1v) is 8.00. The number of ether oxygens (including phenoxy) is 1. The Morgan fingerprint density at radius 2 is 2.15 bits per heavy atom. The Morgan fingerprint density at radius 1 is 1.35 bits per heavy atom. The van der Waals surface area contributed by atoms with Gasteiger partial charge in [0.25, 0.3) is 0 Å². The molecule has 0 radical (unpaired) electrons. The van der Waals surface area contributed by atoms with Gasteiger partial charge in [-0.2, -0.15) is 0 Å². The number of hydrogen-bond acceptors (Lipinski definition) is 2. The van der Waals surface area contributed by atoms with Crippen molar-refractivity contribution >= 4 is 5.96 Å². The van der Waals surface area contributed by atoms with Crippen LogP contribution < -0.4 is 10.6 Å². The van der Waals surface area contributed by atoms with E-state index in [-0.39, 0.29) is 0 Å². The largest absolute Gasteiger partial charge is 0.377 e. The van der Waals surface area contributed by atoms with Crippen molar-refractivity contribution in [2.45, 2.75) is 51.5 Å². The van der Waals surface area contributed by atoms with Gasteiger partial charge in [0.1, 0.15) is 0 Å². The minimum Gasteiger partial charge on any atom is -0.377 e. The van der Waals surface area contributed by atoms with Crippen molar-refractivity contribution < 1.29 is 4.74 Å². The summed E-state index contributed by atoms with van der Waals surface area (Å²) in [5.41, 5.74) is 1.51. The number of guanidine groups is 1. The summed E-state index contributed by atoms with van der Waals surface area (Å²) >= 11 is 0. The summed E-state index contributed by atoms with van der Waals surface area (Å²) in [4.78, 5) is 4.33. The molecule has 0 atom stereocenters. The zero-order valence-corrected chi connectivity index (χ0v) is 13.0. The SMILES string of the molecule is CN=C(NCCC1=CCOCC1)NC1CCC(C)CC1. The molecule has 0 spiro atoms. The van der Waals surface area contributed by atoms with Crippen molar-refractivity contribution in [3.05, 3.63) is 11.6 Å². The van der Waals surface area contributed by atoms with Gasteiger partial charge >= 0.3 is 0 Å². The molecule has 0 aromatic rings. The van der Waals surface area contributed by atoms with Gasteiger partial charge in [-0.15, -0.1) is 0 Å². The van der Waals surface area contributed by atoms with E-state index in [1.54, 1.807) is 0 Å². The normalized spacial score (nSPS) is 27.9. The zero-order chi connectivity index (χ0) is 14.2. The second-order valence-electron chi connectivity index (χ2n) is 6.04. The van der Waals surface area contributed by atoms with Gasteiger partial charge in [0.15, 0.2) is 5.96 Å². The van der Waals surface area contributed by atoms with Crippen LogP contribution in [0.15, 0.2) is 16.6 Å². The van der Waals surface area contributed by atoms with E-state index in [4.69, 9.17) is 4.74 Å². The summed E-state index contributed by atoms with van der Waals surface area (Å²) in [6.07, 6.45) is 9.59. The van der Waals surface area contributed by atoms with E-state index in [9.17, 15) is 0 Å². The fourth-order valence-electron chi connectivity index (χ4n) is 2.93. The average molecular weight is 279 g/mol. The second kappa shape index (κ2) is 8.30. The quantitative estimate of drug-likeness (QED) is 0.472. The van der Waals surface area contributed by atoms with Gasteiger partial charge in [0.05, 0.1) is 13.2 Å². The molecule has 0 saturated heterocycles. The molecule has 0 aromatic carbocycles. The van der Waals surface area contributed by atoms with Crippen molar-refractivity contribution in [1.29, 1.82) is 0 Å². The maximum absolute atomic E-state index is 5.32. The topological polar surface area (TPSA) is 45.7 Å². The molecular formula is C16H29N3O. The Morgan fingerprint density at radius 3 is 2.80 bits per heavy atom. The second-order valence-corrected chi connectivity index (χ2v) is 6.04. The molecule has 4 heteroatoms. The Hall–Kier alpha value is -1.03. The summed E-state index contributed by atoms with van der Waals surface area (Å²) < 4.78 is 5.32. The van der Waals surface area contributed by atoms with Crippen molar-refractivity contribution in [2.75, 3.05) is 26.8 Å². The third-order valence-electron chi connectivity index (χ3n) is 4.38. The highest BCUT2D eigenvalue weighted by atomic mass is 16.5. The molecule has 0 amide bonds. The smallest absolute Gasteiger partial charge is 0.191 e. The van der Waals surface area contributed by atoms with Crippen LogP contribution in [0.1, 0.15) is 45.4 Å². The lowest BCUT2D eigenvalue weighted by Crippen LogP contribution is -2.45. The Balaban J connectivity index is 1.66. The van der Waals surface area contributed by atoms with Crippen LogP contribution >= 0.6 is 0 Å². The lowest BCUT2D eigenvalue weighted by Gasteiger charge is -2.28. The minimum absolute atomic E-state index is 0.597. The highest BCUT2D eigenvalue weighted by Gasteiger charge is 2.18. The maximum atomic E-state index is 5.32. The first-order chi connectivity index (χ1) is 9.78. The van der Waals surface area contributed by atoms with Crippen LogP contribution in [0.4, 0.5) is 0 Å². The highest BCUT2D eigenvalue weighted by Crippen LogP contribution is 2.23. The van der Waals surface area contributed by atoms with Gasteiger partial charge in [-0.25, -0.2) is 0 Å². The molecule has 1 aliphatic carbocycles. The van der Waals surface area contributed by atoms with Gasteiger partial charge in [-0.3, -0.25) is 4.99 Å². The molecule has 1 aliphatic heterocycles. The molecule has 1 saturated carbocycles. The van der Waals surface area contributed by atoms with E-state index in [1.807, 2.05) is 7.05 Å². The van der Waals surface area contributed by atoms with Gasteiger partial charge in [0, 0.05) is 19.6 Å². The van der Waals surface area contributed by atoms with E-state index >= 15 is 0 Å². The molecule has 0 unspecified atom stereocenters. The first kappa shape index (κ1) is 15.4. The van der Waals surface area contributed by atoms with Gasteiger partial charge in [0.2, 0.25) is 0 Å². The summed E-state index contributed by atoms with van der Waals surface area (Å²) in [6.45, 7) is 4.96. The predicted octanol–water partition coefficient (Wildman–Crippen LogP) is 2.47. The third-order valence-corrected chi connectivity index (χ3v) is 4.38. The Bertz CT molecular complexity index is 344. The molecule has 2 aliphatic rings. The van der Waals surface area contributed by atoms with Crippen LogP contribution in [0.25, 0.3) is 0 Å². The molecule has 0 bridgehead atoms. The molecule has 1 heterocycles. The number of nitrogens with zero attached hydrogens (tertiary/aromatic N) is 1. The zero-order valence-electron chi connectivity index (χ0n) is 13.0. The van der Waals surface area contributed by atoms with E-state index in [2.05, 4.69) is 28.6 Å². The van der Waals surface area contributed by atoms with Crippen LogP contribution in [-0.2, 0) is 4.74 Å². The molecule has 2 N–H and O–H groups in total. The molecule has 114 valence electrons. The molecule has 2 rings (SSSR count). The average Bonchev–Trinajstić information content (AvgIpc) is 2.49. The highest BCUT2D eigenvalue weighted by molar-refractivity contribution is 5.79. The lowest BCUT2D eigenvalue weighted by atomic mass is 9.87. The van der Waals surface area contributed by atoms with Crippen LogP contribution in [0.5, 0.6) is 0 Å². The van der Waals surface area contributed by atoms with E-state index in [0.717, 1.165) is 44.5 Å². The van der Waals surface area contributed by atoms with Crippen molar-refractivity contribution in [3.8, 4) is 0 Å². The van der Waals surface area contributed by atoms with Gasteiger partial charge < -0.3 is 15.4 Å². The molecule has 20 heavy (non-hydrogen) atoms. The fraction of sp³-hybridized carbons (Fsp3) is 0.812. The molecular weight excluding hydrogens is 250 g/mol. The van der Waals surface area contributed by atoms with Crippen LogP contribution in [0, 0.1) is 5.92 Å². The summed E-state index contributed by atoms with van der Waals surface area (Å²) in [5.74, 6) is 1.85. The van der Waals surface area contributed by atoms with Crippen molar-refractivity contribution in [2.24, 2.45) is 10.9 Å². The first-order valence-electron chi connectivity index (χ1n) is 8.00. The molecule has 1 fully saturated rings. The maximum Gasteiger partial charge on any atom is 0.191 e. The van der Waals surface area contributed by atoms with Crippen molar-refractivity contribution in [1.82, 2.24) is 10.6 Å². The molecule has 0 aromatic heterocycles.